The largest absolute Gasteiger partial charge is 0.337 e. The van der Waals surface area contributed by atoms with E-state index in [9.17, 15) is 0 Å². The third-order valence-electron chi connectivity index (χ3n) is 2.84. The second-order valence-electron chi connectivity index (χ2n) is 3.88. The molecule has 0 amide bonds. The Bertz CT molecular complexity index is 851. The van der Waals surface area contributed by atoms with Gasteiger partial charge in [-0.2, -0.15) is 0 Å². The van der Waals surface area contributed by atoms with Gasteiger partial charge in [-0.05, 0) is 35.3 Å². The molecular weight excluding hydrogens is 248 g/mol. The van der Waals surface area contributed by atoms with Crippen LogP contribution in [-0.4, -0.2) is 20.0 Å². The van der Waals surface area contributed by atoms with Gasteiger partial charge >= 0.3 is 0 Å². The van der Waals surface area contributed by atoms with Crippen LogP contribution in [0.4, 0.5) is 0 Å². The third-order valence-corrected chi connectivity index (χ3v) is 3.54. The summed E-state index contributed by atoms with van der Waals surface area (Å²) >= 11 is 1.39. The fraction of sp³-hybridized carbons (Fsp3) is 0. The smallest absolute Gasteiger partial charge is 0.188 e. The molecule has 2 aromatic heterocycles. The van der Waals surface area contributed by atoms with Crippen molar-refractivity contribution < 1.29 is 4.52 Å². The maximum absolute atomic E-state index is 5.07. The zero-order valence-electron chi connectivity index (χ0n) is 9.07. The van der Waals surface area contributed by atoms with E-state index in [1.165, 1.54) is 11.5 Å². The fourth-order valence-electron chi connectivity index (χ4n) is 1.99. The van der Waals surface area contributed by atoms with Crippen molar-refractivity contribution in [1.82, 2.24) is 20.0 Å². The number of aromatic nitrogens is 4. The molecule has 4 aromatic rings. The Balaban J connectivity index is 2.03. The van der Waals surface area contributed by atoms with E-state index in [1.807, 2.05) is 36.4 Å². The highest BCUT2D eigenvalue weighted by Gasteiger charge is 2.09. The van der Waals surface area contributed by atoms with Crippen LogP contribution < -0.4 is 0 Å². The minimum atomic E-state index is 0.684. The van der Waals surface area contributed by atoms with Crippen molar-refractivity contribution in [2.45, 2.75) is 0 Å². The van der Waals surface area contributed by atoms with Crippen molar-refractivity contribution in [3.63, 3.8) is 0 Å². The standard InChI is InChI=1S/C12H6N4OS/c1-2-8(12-10(3-1)17-15-14-12)7-4-5-11-9(6-7)13-16-18-11/h1-6H. The zero-order valence-corrected chi connectivity index (χ0v) is 9.89. The minimum absolute atomic E-state index is 0.684. The van der Waals surface area contributed by atoms with Gasteiger partial charge in [-0.3, -0.25) is 0 Å². The van der Waals surface area contributed by atoms with E-state index in [4.69, 9.17) is 4.52 Å². The topological polar surface area (TPSA) is 64.7 Å². The lowest BCUT2D eigenvalue weighted by Gasteiger charge is -2.00. The van der Waals surface area contributed by atoms with E-state index in [0.29, 0.717) is 5.58 Å². The lowest BCUT2D eigenvalue weighted by Crippen LogP contribution is -1.81. The summed E-state index contributed by atoms with van der Waals surface area (Å²) in [5.41, 5.74) is 4.37. The summed E-state index contributed by atoms with van der Waals surface area (Å²) in [5, 5.41) is 11.7. The molecule has 0 bridgehead atoms. The van der Waals surface area contributed by atoms with E-state index < -0.39 is 0 Å². The van der Waals surface area contributed by atoms with Gasteiger partial charge < -0.3 is 4.52 Å². The summed E-state index contributed by atoms with van der Waals surface area (Å²) in [6.45, 7) is 0. The number of fused-ring (bicyclic) bond motifs is 2. The highest BCUT2D eigenvalue weighted by molar-refractivity contribution is 7.12. The molecule has 18 heavy (non-hydrogen) atoms. The van der Waals surface area contributed by atoms with Crippen LogP contribution in [0.2, 0.25) is 0 Å². The molecule has 4 rings (SSSR count). The quantitative estimate of drug-likeness (QED) is 0.522. The maximum Gasteiger partial charge on any atom is 0.188 e. The molecule has 0 radical (unpaired) electrons. The summed E-state index contributed by atoms with van der Waals surface area (Å²) in [7, 11) is 0. The zero-order chi connectivity index (χ0) is 11.9. The molecule has 0 spiro atoms. The first kappa shape index (κ1) is 9.67. The van der Waals surface area contributed by atoms with E-state index in [-0.39, 0.29) is 0 Å². The first-order valence-corrected chi connectivity index (χ1v) is 6.13. The van der Waals surface area contributed by atoms with Crippen LogP contribution in [0.1, 0.15) is 0 Å². The number of rotatable bonds is 1. The monoisotopic (exact) mass is 254 g/mol. The van der Waals surface area contributed by atoms with Crippen LogP contribution in [0, 0.1) is 0 Å². The summed E-state index contributed by atoms with van der Waals surface area (Å²) < 4.78 is 10.1. The van der Waals surface area contributed by atoms with Crippen molar-refractivity contribution in [1.29, 1.82) is 0 Å². The van der Waals surface area contributed by atoms with Gasteiger partial charge in [0.15, 0.2) is 5.58 Å². The summed E-state index contributed by atoms with van der Waals surface area (Å²) in [6.07, 6.45) is 0. The van der Waals surface area contributed by atoms with Gasteiger partial charge in [0, 0.05) is 10.8 Å². The molecule has 0 aliphatic carbocycles. The van der Waals surface area contributed by atoms with E-state index in [0.717, 1.165) is 26.9 Å². The Morgan fingerprint density at radius 2 is 2.06 bits per heavy atom. The van der Waals surface area contributed by atoms with E-state index in [2.05, 4.69) is 20.0 Å². The molecular formula is C12H6N4OS. The molecule has 6 heteroatoms. The summed E-state index contributed by atoms with van der Waals surface area (Å²) in [5.74, 6) is 0. The molecule has 0 atom stereocenters. The van der Waals surface area contributed by atoms with Crippen molar-refractivity contribution in [2.24, 2.45) is 0 Å². The maximum atomic E-state index is 5.07. The average Bonchev–Trinajstić information content (AvgIpc) is 3.05. The highest BCUT2D eigenvalue weighted by atomic mass is 32.1. The number of hydrogen-bond donors (Lipinski definition) is 0. The van der Waals surface area contributed by atoms with Crippen molar-refractivity contribution in [3.8, 4) is 11.1 Å². The molecule has 0 N–H and O–H groups in total. The molecule has 2 aromatic carbocycles. The van der Waals surface area contributed by atoms with Gasteiger partial charge in [0.2, 0.25) is 0 Å². The molecule has 0 aliphatic heterocycles. The van der Waals surface area contributed by atoms with Crippen molar-refractivity contribution in [3.05, 3.63) is 36.4 Å². The van der Waals surface area contributed by atoms with Gasteiger partial charge in [-0.25, -0.2) is 0 Å². The molecule has 5 nitrogen and oxygen atoms in total. The lowest BCUT2D eigenvalue weighted by molar-refractivity contribution is 0.424. The highest BCUT2D eigenvalue weighted by Crippen LogP contribution is 2.29. The van der Waals surface area contributed by atoms with Crippen LogP contribution in [0.3, 0.4) is 0 Å². The summed E-state index contributed by atoms with van der Waals surface area (Å²) in [6, 6.07) is 11.8. The normalized spacial score (nSPS) is 11.3. The van der Waals surface area contributed by atoms with Crippen LogP contribution in [0.5, 0.6) is 0 Å². The predicted octanol–water partition coefficient (Wildman–Crippen LogP) is 2.89. The Kier molecular flexibility index (Phi) is 1.92. The second kappa shape index (κ2) is 3.58. The average molecular weight is 254 g/mol. The first-order valence-electron chi connectivity index (χ1n) is 5.35. The second-order valence-corrected chi connectivity index (χ2v) is 4.67. The molecule has 0 fully saturated rings. The Morgan fingerprint density at radius 3 is 3.06 bits per heavy atom. The SMILES string of the molecule is c1cc(-c2ccc3snnc3c2)c2nnoc2c1. The van der Waals surface area contributed by atoms with Crippen molar-refractivity contribution >= 4 is 32.8 Å². The van der Waals surface area contributed by atoms with Crippen LogP contribution in [-0.2, 0) is 0 Å². The van der Waals surface area contributed by atoms with E-state index >= 15 is 0 Å². The van der Waals surface area contributed by atoms with Crippen LogP contribution in [0.15, 0.2) is 40.9 Å². The summed E-state index contributed by atoms with van der Waals surface area (Å²) in [4.78, 5) is 0. The number of hydrogen-bond acceptors (Lipinski definition) is 6. The molecule has 0 aliphatic rings. The minimum Gasteiger partial charge on any atom is -0.337 e. The fourth-order valence-corrected chi connectivity index (χ4v) is 2.52. The van der Waals surface area contributed by atoms with Gasteiger partial charge in [0.25, 0.3) is 0 Å². The van der Waals surface area contributed by atoms with Gasteiger partial charge in [-0.1, -0.05) is 22.7 Å². The molecule has 0 unspecified atom stereocenters. The Labute approximate surface area is 105 Å². The third kappa shape index (κ3) is 1.32. The van der Waals surface area contributed by atoms with Gasteiger partial charge in [0.1, 0.15) is 11.0 Å². The molecule has 0 saturated carbocycles. The van der Waals surface area contributed by atoms with Crippen LogP contribution >= 0.6 is 11.5 Å². The molecule has 0 saturated heterocycles. The van der Waals surface area contributed by atoms with E-state index in [1.54, 1.807) is 0 Å². The Hall–Kier alpha value is -2.34. The molecule has 2 heterocycles. The van der Waals surface area contributed by atoms with Gasteiger partial charge in [0.05, 0.1) is 4.70 Å². The Morgan fingerprint density at radius 1 is 1.06 bits per heavy atom. The lowest BCUT2D eigenvalue weighted by atomic mass is 10.0. The first-order chi connectivity index (χ1) is 8.92. The van der Waals surface area contributed by atoms with Gasteiger partial charge in [-0.15, -0.1) is 10.2 Å². The predicted molar refractivity (Wildman–Crippen MR) is 68.2 cm³/mol. The van der Waals surface area contributed by atoms with Crippen molar-refractivity contribution in [2.75, 3.05) is 0 Å². The van der Waals surface area contributed by atoms with Crippen LogP contribution in [0.25, 0.3) is 32.4 Å². The number of nitrogens with zero attached hydrogens (tertiary/aromatic N) is 4. The number of benzene rings is 2. The molecule has 86 valence electrons.